The van der Waals surface area contributed by atoms with Gasteiger partial charge in [-0.3, -0.25) is 0 Å². The lowest BCUT2D eigenvalue weighted by molar-refractivity contribution is -0.301. The molecule has 2 rings (SSSR count). The van der Waals surface area contributed by atoms with E-state index in [0.717, 1.165) is 0 Å². The number of carbonyl (C=O) groups is 2. The zero-order chi connectivity index (χ0) is 19.7. The standard InChI is InChI=1S/C13H21FN2O10/c14-12(10(21)25-13(15,16)26-11(12)22)2-1-3-23-9-8(20)7(19)6(18)5(4-17)24-9/h5-9,17-20H,1-4,15-16H2/t5-,6-,7+,8+,9?/m1/s1. The van der Waals surface area contributed by atoms with Crippen molar-refractivity contribution in [3.05, 3.63) is 0 Å². The van der Waals surface area contributed by atoms with Gasteiger partial charge in [-0.2, -0.15) is 0 Å². The lowest BCUT2D eigenvalue weighted by Crippen LogP contribution is -2.66. The summed E-state index contributed by atoms with van der Waals surface area (Å²) in [6, 6.07) is -2.55. The minimum atomic E-state index is -3.12. The van der Waals surface area contributed by atoms with E-state index in [2.05, 4.69) is 9.47 Å². The first kappa shape index (κ1) is 20.9. The first-order valence-corrected chi connectivity index (χ1v) is 7.67. The summed E-state index contributed by atoms with van der Waals surface area (Å²) in [5.41, 5.74) is 7.05. The van der Waals surface area contributed by atoms with E-state index >= 15 is 0 Å². The molecule has 0 aliphatic carbocycles. The Bertz CT molecular complexity index is 525. The Kier molecular flexibility index (Phi) is 6.14. The van der Waals surface area contributed by atoms with Crippen LogP contribution in [0.1, 0.15) is 12.8 Å². The smallest absolute Gasteiger partial charge is 0.380 e. The van der Waals surface area contributed by atoms with E-state index in [1.807, 2.05) is 0 Å². The van der Waals surface area contributed by atoms with Crippen LogP contribution in [0.5, 0.6) is 0 Å². The summed E-state index contributed by atoms with van der Waals surface area (Å²) in [4.78, 5) is 23.2. The van der Waals surface area contributed by atoms with E-state index in [4.69, 9.17) is 26.0 Å². The van der Waals surface area contributed by atoms with E-state index in [-0.39, 0.29) is 13.0 Å². The molecule has 2 saturated heterocycles. The van der Waals surface area contributed by atoms with Crippen molar-refractivity contribution >= 4 is 11.9 Å². The van der Waals surface area contributed by atoms with Crippen LogP contribution in [0.25, 0.3) is 0 Å². The van der Waals surface area contributed by atoms with Crippen LogP contribution >= 0.6 is 0 Å². The van der Waals surface area contributed by atoms with Gasteiger partial charge in [-0.15, -0.1) is 0 Å². The molecule has 0 bridgehead atoms. The van der Waals surface area contributed by atoms with Crippen molar-refractivity contribution in [2.24, 2.45) is 11.5 Å². The molecule has 0 amide bonds. The van der Waals surface area contributed by atoms with Crippen molar-refractivity contribution in [1.29, 1.82) is 0 Å². The highest BCUT2D eigenvalue weighted by Crippen LogP contribution is 2.29. The number of cyclic esters (lactones) is 2. The molecule has 26 heavy (non-hydrogen) atoms. The molecular formula is C13H21FN2O10. The molecular weight excluding hydrogens is 363 g/mol. The molecule has 0 radical (unpaired) electrons. The average molecular weight is 384 g/mol. The van der Waals surface area contributed by atoms with Gasteiger partial charge in [-0.25, -0.2) is 25.4 Å². The highest BCUT2D eigenvalue weighted by molar-refractivity contribution is 6.04. The predicted molar refractivity (Wildman–Crippen MR) is 76.1 cm³/mol. The van der Waals surface area contributed by atoms with Crippen LogP contribution in [-0.2, 0) is 28.5 Å². The van der Waals surface area contributed by atoms with Gasteiger partial charge in [0.15, 0.2) is 6.29 Å². The van der Waals surface area contributed by atoms with Gasteiger partial charge in [0, 0.05) is 6.42 Å². The maximum absolute atomic E-state index is 14.5. The van der Waals surface area contributed by atoms with E-state index in [1.54, 1.807) is 0 Å². The van der Waals surface area contributed by atoms with Crippen molar-refractivity contribution in [3.8, 4) is 0 Å². The van der Waals surface area contributed by atoms with Gasteiger partial charge in [-0.1, -0.05) is 0 Å². The highest BCUT2D eigenvalue weighted by atomic mass is 19.1. The fourth-order valence-electron chi connectivity index (χ4n) is 2.48. The summed E-state index contributed by atoms with van der Waals surface area (Å²) in [6.45, 7) is -0.957. The molecule has 2 heterocycles. The largest absolute Gasteiger partial charge is 0.394 e. The average Bonchev–Trinajstić information content (AvgIpc) is 2.56. The van der Waals surface area contributed by atoms with E-state index in [1.165, 1.54) is 0 Å². The molecule has 2 fully saturated rings. The Morgan fingerprint density at radius 1 is 1.08 bits per heavy atom. The van der Waals surface area contributed by atoms with Gasteiger partial charge < -0.3 is 39.4 Å². The molecule has 0 saturated carbocycles. The molecule has 5 atom stereocenters. The lowest BCUT2D eigenvalue weighted by atomic mass is 9.99. The fourth-order valence-corrected chi connectivity index (χ4v) is 2.48. The summed E-state index contributed by atoms with van der Waals surface area (Å²) in [6.07, 6.45) is -8.33. The molecule has 0 spiro atoms. The number of ether oxygens (including phenoxy) is 4. The number of halogens is 1. The van der Waals surface area contributed by atoms with Crippen LogP contribution < -0.4 is 11.5 Å². The minimum absolute atomic E-state index is 0.224. The van der Waals surface area contributed by atoms with Gasteiger partial charge in [0.25, 0.3) is 0 Å². The van der Waals surface area contributed by atoms with Crippen molar-refractivity contribution in [2.45, 2.75) is 55.3 Å². The van der Waals surface area contributed by atoms with Crippen LogP contribution in [-0.4, -0.2) is 88.0 Å². The van der Waals surface area contributed by atoms with Crippen LogP contribution in [0.3, 0.4) is 0 Å². The van der Waals surface area contributed by atoms with E-state index in [9.17, 15) is 29.3 Å². The van der Waals surface area contributed by atoms with Gasteiger partial charge in [-0.05, 0) is 6.42 Å². The maximum Gasteiger partial charge on any atom is 0.380 e. The van der Waals surface area contributed by atoms with Gasteiger partial charge in [0.2, 0.25) is 0 Å². The molecule has 0 aromatic carbocycles. The molecule has 150 valence electrons. The van der Waals surface area contributed by atoms with Crippen molar-refractivity contribution in [2.75, 3.05) is 13.2 Å². The quantitative estimate of drug-likeness (QED) is 0.112. The zero-order valence-corrected chi connectivity index (χ0v) is 13.5. The van der Waals surface area contributed by atoms with Crippen LogP contribution in [0.15, 0.2) is 0 Å². The summed E-state index contributed by atoms with van der Waals surface area (Å²) >= 11 is 0. The van der Waals surface area contributed by atoms with Crippen LogP contribution in [0.4, 0.5) is 4.39 Å². The number of alkyl halides is 1. The second kappa shape index (κ2) is 7.66. The second-order valence-corrected chi connectivity index (χ2v) is 5.97. The Morgan fingerprint density at radius 2 is 1.65 bits per heavy atom. The molecule has 0 aromatic heterocycles. The van der Waals surface area contributed by atoms with E-state index < -0.39 is 67.4 Å². The summed E-state index contributed by atoms with van der Waals surface area (Å²) in [5, 5.41) is 38.1. The number of carbonyl (C=O) groups excluding carboxylic acids is 2. The van der Waals surface area contributed by atoms with Crippen LogP contribution in [0.2, 0.25) is 0 Å². The van der Waals surface area contributed by atoms with Crippen molar-refractivity contribution in [3.63, 3.8) is 0 Å². The summed E-state index contributed by atoms with van der Waals surface area (Å²) in [7, 11) is 0. The molecule has 2 aliphatic rings. The number of nitrogens with two attached hydrogens (primary N) is 2. The van der Waals surface area contributed by atoms with Gasteiger partial charge >= 0.3 is 23.6 Å². The normalized spacial score (nSPS) is 36.3. The minimum Gasteiger partial charge on any atom is -0.394 e. The fraction of sp³-hybridized carbons (Fsp3) is 0.846. The number of aliphatic hydroxyl groups excluding tert-OH is 4. The monoisotopic (exact) mass is 384 g/mol. The number of rotatable bonds is 6. The lowest BCUT2D eigenvalue weighted by Gasteiger charge is -2.39. The molecule has 2 aliphatic heterocycles. The zero-order valence-electron chi connectivity index (χ0n) is 13.5. The van der Waals surface area contributed by atoms with Gasteiger partial charge in [0.1, 0.15) is 24.4 Å². The topological polar surface area (TPSA) is 204 Å². The Balaban J connectivity index is 1.86. The Hall–Kier alpha value is -1.45. The maximum atomic E-state index is 14.5. The van der Waals surface area contributed by atoms with Crippen molar-refractivity contribution in [1.82, 2.24) is 0 Å². The molecule has 12 nitrogen and oxygen atoms in total. The summed E-state index contributed by atoms with van der Waals surface area (Å²) < 4.78 is 33.2. The van der Waals surface area contributed by atoms with Gasteiger partial charge in [0.05, 0.1) is 13.2 Å². The Morgan fingerprint density at radius 3 is 2.19 bits per heavy atom. The third-order valence-corrected chi connectivity index (χ3v) is 3.95. The third kappa shape index (κ3) is 4.10. The SMILES string of the molecule is NC1(N)OC(=O)C(F)(CCCOC2O[C@H](CO)[C@@H](O)[C@H](O)[C@@H]2O)C(=O)O1. The molecule has 8 N–H and O–H groups in total. The number of hydrogen-bond donors (Lipinski definition) is 6. The number of hydrogen-bond acceptors (Lipinski definition) is 12. The number of aliphatic hydroxyl groups is 4. The van der Waals surface area contributed by atoms with E-state index in [0.29, 0.717) is 0 Å². The first-order valence-electron chi connectivity index (χ1n) is 7.67. The highest BCUT2D eigenvalue weighted by Gasteiger charge is 2.58. The first-order chi connectivity index (χ1) is 12.0. The summed E-state index contributed by atoms with van der Waals surface area (Å²) in [5.74, 6) is -3.21. The van der Waals surface area contributed by atoms with Crippen molar-refractivity contribution < 1.29 is 53.4 Å². The number of esters is 2. The second-order valence-electron chi connectivity index (χ2n) is 5.97. The van der Waals surface area contributed by atoms with Crippen LogP contribution in [0, 0.1) is 0 Å². The third-order valence-electron chi connectivity index (χ3n) is 3.95. The predicted octanol–water partition coefficient (Wildman–Crippen LogP) is -4.08. The molecule has 0 aromatic rings. The Labute approximate surface area is 146 Å². The molecule has 1 unspecified atom stereocenters. The molecule has 13 heteroatoms.